The van der Waals surface area contributed by atoms with Crippen LogP contribution in [0.4, 0.5) is 5.00 Å². The summed E-state index contributed by atoms with van der Waals surface area (Å²) in [4.78, 5) is 35.2. The molecule has 1 aliphatic heterocycles. The molecular weight excluding hydrogens is 280 g/mol. The lowest BCUT2D eigenvalue weighted by atomic mass is 10.1. The summed E-state index contributed by atoms with van der Waals surface area (Å²) in [6.45, 7) is 4.21. The average Bonchev–Trinajstić information content (AvgIpc) is 2.96. The number of hydrogen-bond donors (Lipinski definition) is 2. The van der Waals surface area contributed by atoms with E-state index in [-0.39, 0.29) is 30.1 Å². The first-order valence-corrected chi connectivity index (χ1v) is 7.18. The van der Waals surface area contributed by atoms with E-state index < -0.39 is 0 Å². The second kappa shape index (κ2) is 6.04. The maximum absolute atomic E-state index is 12.0. The van der Waals surface area contributed by atoms with Crippen molar-refractivity contribution < 1.29 is 19.1 Å². The monoisotopic (exact) mass is 296 g/mol. The van der Waals surface area contributed by atoms with Gasteiger partial charge in [0.25, 0.3) is 0 Å². The molecule has 2 heterocycles. The fourth-order valence-corrected chi connectivity index (χ4v) is 2.93. The molecule has 0 aliphatic carbocycles. The van der Waals surface area contributed by atoms with Crippen LogP contribution in [-0.2, 0) is 14.3 Å². The lowest BCUT2D eigenvalue weighted by Gasteiger charge is -2.06. The summed E-state index contributed by atoms with van der Waals surface area (Å²) in [6, 6.07) is 1.74. The van der Waals surface area contributed by atoms with Crippen LogP contribution in [0.5, 0.6) is 0 Å². The van der Waals surface area contributed by atoms with E-state index in [0.717, 1.165) is 5.56 Å². The molecule has 2 rings (SSSR count). The summed E-state index contributed by atoms with van der Waals surface area (Å²) in [5.41, 5.74) is 0.768. The van der Waals surface area contributed by atoms with E-state index in [9.17, 15) is 14.4 Å². The number of rotatable bonds is 4. The van der Waals surface area contributed by atoms with E-state index in [1.54, 1.807) is 19.9 Å². The van der Waals surface area contributed by atoms with E-state index in [1.165, 1.54) is 11.3 Å². The molecule has 1 fully saturated rings. The topological polar surface area (TPSA) is 84.5 Å². The van der Waals surface area contributed by atoms with E-state index in [4.69, 9.17) is 4.74 Å². The molecule has 0 saturated carbocycles. The van der Waals surface area contributed by atoms with Crippen molar-refractivity contribution in [1.82, 2.24) is 5.32 Å². The quantitative estimate of drug-likeness (QED) is 0.820. The average molecular weight is 296 g/mol. The lowest BCUT2D eigenvalue weighted by Crippen LogP contribution is -2.24. The summed E-state index contributed by atoms with van der Waals surface area (Å²) in [5, 5.41) is 5.95. The maximum Gasteiger partial charge on any atom is 0.348 e. The van der Waals surface area contributed by atoms with Gasteiger partial charge in [-0.25, -0.2) is 4.79 Å². The Bertz CT molecular complexity index is 553. The number of thiophene rings is 1. The van der Waals surface area contributed by atoms with Gasteiger partial charge in [0.15, 0.2) is 0 Å². The molecule has 1 aliphatic rings. The first kappa shape index (κ1) is 14.5. The van der Waals surface area contributed by atoms with Gasteiger partial charge in [-0.15, -0.1) is 11.3 Å². The zero-order valence-corrected chi connectivity index (χ0v) is 12.1. The third-order valence-corrected chi connectivity index (χ3v) is 4.11. The first-order chi connectivity index (χ1) is 9.51. The Kier molecular flexibility index (Phi) is 4.39. The van der Waals surface area contributed by atoms with Gasteiger partial charge in [-0.1, -0.05) is 0 Å². The molecule has 7 heteroatoms. The zero-order valence-electron chi connectivity index (χ0n) is 11.3. The smallest absolute Gasteiger partial charge is 0.348 e. The number of aryl methyl sites for hydroxylation is 1. The molecule has 1 atom stereocenters. The number of amides is 2. The summed E-state index contributed by atoms with van der Waals surface area (Å²) < 4.78 is 4.95. The van der Waals surface area contributed by atoms with E-state index in [1.807, 2.05) is 0 Å². The predicted molar refractivity (Wildman–Crippen MR) is 74.8 cm³/mol. The van der Waals surface area contributed by atoms with Crippen molar-refractivity contribution >= 4 is 34.1 Å². The van der Waals surface area contributed by atoms with E-state index in [0.29, 0.717) is 23.0 Å². The Labute approximate surface area is 120 Å². The molecule has 1 unspecified atom stereocenters. The van der Waals surface area contributed by atoms with Crippen LogP contribution in [-0.4, -0.2) is 30.9 Å². The van der Waals surface area contributed by atoms with Crippen molar-refractivity contribution in [2.75, 3.05) is 18.5 Å². The number of ether oxygens (including phenoxy) is 1. The molecule has 0 bridgehead atoms. The third-order valence-electron chi connectivity index (χ3n) is 2.97. The van der Waals surface area contributed by atoms with Crippen molar-refractivity contribution in [3.05, 3.63) is 16.5 Å². The molecule has 108 valence electrons. The Morgan fingerprint density at radius 2 is 2.30 bits per heavy atom. The molecule has 1 aromatic heterocycles. The Morgan fingerprint density at radius 3 is 2.90 bits per heavy atom. The second-order valence-corrected chi connectivity index (χ2v) is 5.59. The van der Waals surface area contributed by atoms with E-state index >= 15 is 0 Å². The van der Waals surface area contributed by atoms with Crippen LogP contribution in [0, 0.1) is 12.8 Å². The highest BCUT2D eigenvalue weighted by molar-refractivity contribution is 7.18. The van der Waals surface area contributed by atoms with Crippen LogP contribution in [0.25, 0.3) is 0 Å². The maximum atomic E-state index is 12.0. The number of nitrogens with one attached hydrogen (secondary N) is 2. The highest BCUT2D eigenvalue weighted by Gasteiger charge is 2.28. The first-order valence-electron chi connectivity index (χ1n) is 6.36. The van der Waals surface area contributed by atoms with Gasteiger partial charge < -0.3 is 15.4 Å². The summed E-state index contributed by atoms with van der Waals surface area (Å²) >= 11 is 1.18. The Hall–Kier alpha value is -1.89. The second-order valence-electron chi connectivity index (χ2n) is 4.54. The van der Waals surface area contributed by atoms with Crippen LogP contribution in [0.2, 0.25) is 0 Å². The summed E-state index contributed by atoms with van der Waals surface area (Å²) in [6.07, 6.45) is 0.209. The fraction of sp³-hybridized carbons (Fsp3) is 0.462. The Balaban J connectivity index is 2.03. The number of carbonyl (C=O) groups excluding carboxylic acids is 3. The molecule has 0 aromatic carbocycles. The van der Waals surface area contributed by atoms with Crippen molar-refractivity contribution in [3.63, 3.8) is 0 Å². The molecule has 2 N–H and O–H groups in total. The normalized spacial score (nSPS) is 17.7. The number of anilines is 1. The molecule has 1 saturated heterocycles. The molecule has 0 spiro atoms. The van der Waals surface area contributed by atoms with Crippen LogP contribution in [0.3, 0.4) is 0 Å². The van der Waals surface area contributed by atoms with Gasteiger partial charge in [0.2, 0.25) is 11.8 Å². The van der Waals surface area contributed by atoms with Crippen molar-refractivity contribution in [1.29, 1.82) is 0 Å². The number of carbonyl (C=O) groups is 3. The molecular formula is C13H16N2O4S. The summed E-state index contributed by atoms with van der Waals surface area (Å²) in [7, 11) is 0. The third kappa shape index (κ3) is 3.16. The van der Waals surface area contributed by atoms with E-state index in [2.05, 4.69) is 10.6 Å². The van der Waals surface area contributed by atoms with Crippen LogP contribution in [0.1, 0.15) is 28.6 Å². The minimum atomic E-state index is -0.381. The van der Waals surface area contributed by atoms with Gasteiger partial charge in [0.1, 0.15) is 4.88 Å². The highest BCUT2D eigenvalue weighted by Crippen LogP contribution is 2.28. The van der Waals surface area contributed by atoms with Crippen molar-refractivity contribution in [2.24, 2.45) is 5.92 Å². The zero-order chi connectivity index (χ0) is 14.7. The van der Waals surface area contributed by atoms with Crippen molar-refractivity contribution in [2.45, 2.75) is 20.3 Å². The van der Waals surface area contributed by atoms with Crippen molar-refractivity contribution in [3.8, 4) is 0 Å². The fourth-order valence-electron chi connectivity index (χ4n) is 1.96. The van der Waals surface area contributed by atoms with Crippen LogP contribution in [0.15, 0.2) is 6.07 Å². The van der Waals surface area contributed by atoms with Gasteiger partial charge in [0.05, 0.1) is 17.5 Å². The van der Waals surface area contributed by atoms with Crippen LogP contribution < -0.4 is 10.6 Å². The van der Waals surface area contributed by atoms with Gasteiger partial charge in [0, 0.05) is 13.0 Å². The van der Waals surface area contributed by atoms with Gasteiger partial charge in [-0.2, -0.15) is 0 Å². The minimum absolute atomic E-state index is 0.111. The highest BCUT2D eigenvalue weighted by atomic mass is 32.1. The number of hydrogen-bond acceptors (Lipinski definition) is 5. The Morgan fingerprint density at radius 1 is 1.55 bits per heavy atom. The molecule has 6 nitrogen and oxygen atoms in total. The molecule has 2 amide bonds. The van der Waals surface area contributed by atoms with Gasteiger partial charge >= 0.3 is 5.97 Å². The SMILES string of the molecule is CCOC(=O)c1sc(NC(=O)C2CNC(=O)C2)cc1C. The van der Waals surface area contributed by atoms with Gasteiger partial charge in [-0.3, -0.25) is 9.59 Å². The number of esters is 1. The van der Waals surface area contributed by atoms with Crippen LogP contribution >= 0.6 is 11.3 Å². The predicted octanol–water partition coefficient (Wildman–Crippen LogP) is 1.31. The molecule has 1 aromatic rings. The molecule has 20 heavy (non-hydrogen) atoms. The minimum Gasteiger partial charge on any atom is -0.462 e. The van der Waals surface area contributed by atoms with Gasteiger partial charge in [-0.05, 0) is 25.5 Å². The lowest BCUT2D eigenvalue weighted by molar-refractivity contribution is -0.123. The molecule has 0 radical (unpaired) electrons. The largest absolute Gasteiger partial charge is 0.462 e. The standard InChI is InChI=1S/C13H16N2O4S/c1-3-19-13(18)11-7(2)4-10(20-11)15-12(17)8-5-9(16)14-6-8/h4,8H,3,5-6H2,1-2H3,(H,14,16)(H,15,17). The summed E-state index contributed by atoms with van der Waals surface area (Å²) in [5.74, 6) is -1.05.